The lowest BCUT2D eigenvalue weighted by Gasteiger charge is -2.25. The van der Waals surface area contributed by atoms with Crippen molar-refractivity contribution in [3.8, 4) is 0 Å². The largest absolute Gasteiger partial charge is 0.347 e. The van der Waals surface area contributed by atoms with Gasteiger partial charge in [0.2, 0.25) is 5.91 Å². The number of nitrogens with zero attached hydrogens (tertiary/aromatic N) is 3. The summed E-state index contributed by atoms with van der Waals surface area (Å²) in [6, 6.07) is -0.282. The number of hydrogen-bond donors (Lipinski definition) is 1. The number of nitrogens with two attached hydrogens (primary N) is 1. The summed E-state index contributed by atoms with van der Waals surface area (Å²) < 4.78 is 1.82. The van der Waals surface area contributed by atoms with E-state index in [0.717, 1.165) is 5.69 Å². The number of amides is 1. The molecule has 2 N–H and O–H groups in total. The van der Waals surface area contributed by atoms with E-state index in [-0.39, 0.29) is 11.9 Å². The maximum Gasteiger partial charge on any atom is 0.244 e. The van der Waals surface area contributed by atoms with E-state index in [1.165, 1.54) is 0 Å². The Morgan fingerprint density at radius 3 is 2.56 bits per heavy atom. The molecule has 1 unspecified atom stereocenters. The van der Waals surface area contributed by atoms with Crippen molar-refractivity contribution in [2.45, 2.75) is 32.4 Å². The van der Waals surface area contributed by atoms with Crippen LogP contribution in [0.5, 0.6) is 0 Å². The minimum atomic E-state index is -0.503. The van der Waals surface area contributed by atoms with Gasteiger partial charge in [-0.1, -0.05) is 0 Å². The first-order chi connectivity index (χ1) is 7.25. The lowest BCUT2D eigenvalue weighted by molar-refractivity contribution is -0.131. The van der Waals surface area contributed by atoms with E-state index in [4.69, 9.17) is 5.73 Å². The molecular weight excluding hydrogens is 204 g/mol. The SMILES string of the molecule is CC(C(=O)N(C)C)n1cncc1C(C)(C)N. The summed E-state index contributed by atoms with van der Waals surface area (Å²) in [6.07, 6.45) is 3.36. The molecule has 1 heterocycles. The Kier molecular flexibility index (Phi) is 3.38. The maximum absolute atomic E-state index is 11.9. The summed E-state index contributed by atoms with van der Waals surface area (Å²) in [6.45, 7) is 5.64. The third-order valence-electron chi connectivity index (χ3n) is 2.54. The summed E-state index contributed by atoms with van der Waals surface area (Å²) in [5, 5.41) is 0. The van der Waals surface area contributed by atoms with E-state index in [9.17, 15) is 4.79 Å². The second-order valence-corrected chi connectivity index (χ2v) is 4.82. The molecule has 5 nitrogen and oxygen atoms in total. The maximum atomic E-state index is 11.9. The molecule has 0 spiro atoms. The fraction of sp³-hybridized carbons (Fsp3) is 0.636. The standard InChI is InChI=1S/C11H20N4O/c1-8(10(16)14(4)5)15-7-13-6-9(15)11(2,3)12/h6-8H,12H2,1-5H3. The van der Waals surface area contributed by atoms with Crippen LogP contribution in [0.2, 0.25) is 0 Å². The molecule has 0 aliphatic rings. The molecule has 90 valence electrons. The highest BCUT2D eigenvalue weighted by Gasteiger charge is 2.25. The minimum absolute atomic E-state index is 0.0310. The van der Waals surface area contributed by atoms with E-state index >= 15 is 0 Å². The van der Waals surface area contributed by atoms with Crippen molar-refractivity contribution >= 4 is 5.91 Å². The van der Waals surface area contributed by atoms with Crippen LogP contribution < -0.4 is 5.73 Å². The zero-order chi connectivity index (χ0) is 12.5. The van der Waals surface area contributed by atoms with Crippen molar-refractivity contribution in [2.24, 2.45) is 5.73 Å². The van der Waals surface area contributed by atoms with Gasteiger partial charge in [0.25, 0.3) is 0 Å². The zero-order valence-corrected chi connectivity index (χ0v) is 10.6. The Hall–Kier alpha value is -1.36. The van der Waals surface area contributed by atoms with Crippen LogP contribution in [-0.4, -0.2) is 34.5 Å². The lowest BCUT2D eigenvalue weighted by Crippen LogP contribution is -2.36. The van der Waals surface area contributed by atoms with Gasteiger partial charge in [0.1, 0.15) is 6.04 Å². The highest BCUT2D eigenvalue weighted by Crippen LogP contribution is 2.20. The van der Waals surface area contributed by atoms with Gasteiger partial charge in [0.15, 0.2) is 0 Å². The Morgan fingerprint density at radius 1 is 1.56 bits per heavy atom. The van der Waals surface area contributed by atoms with Gasteiger partial charge in [-0.3, -0.25) is 4.79 Å². The van der Waals surface area contributed by atoms with Crippen molar-refractivity contribution in [1.82, 2.24) is 14.5 Å². The number of carbonyl (C=O) groups excluding carboxylic acids is 1. The molecule has 1 aromatic heterocycles. The molecule has 0 fully saturated rings. The van der Waals surface area contributed by atoms with Crippen molar-refractivity contribution in [3.05, 3.63) is 18.2 Å². The summed E-state index contributed by atoms with van der Waals surface area (Å²) in [5.41, 5.74) is 6.38. The van der Waals surface area contributed by atoms with Gasteiger partial charge in [0, 0.05) is 14.1 Å². The minimum Gasteiger partial charge on any atom is -0.347 e. The Morgan fingerprint density at radius 2 is 2.12 bits per heavy atom. The van der Waals surface area contributed by atoms with Gasteiger partial charge >= 0.3 is 0 Å². The molecule has 1 rings (SSSR count). The fourth-order valence-electron chi connectivity index (χ4n) is 1.61. The molecule has 1 aromatic rings. The van der Waals surface area contributed by atoms with E-state index in [1.807, 2.05) is 25.3 Å². The number of likely N-dealkylation sites (N-methyl/N-ethyl adjacent to an activating group) is 1. The van der Waals surface area contributed by atoms with Gasteiger partial charge in [-0.25, -0.2) is 4.98 Å². The first-order valence-corrected chi connectivity index (χ1v) is 5.27. The van der Waals surface area contributed by atoms with Crippen LogP contribution in [-0.2, 0) is 10.3 Å². The van der Waals surface area contributed by atoms with Crippen molar-refractivity contribution in [1.29, 1.82) is 0 Å². The average molecular weight is 224 g/mol. The number of hydrogen-bond acceptors (Lipinski definition) is 3. The van der Waals surface area contributed by atoms with Crippen LogP contribution in [0, 0.1) is 0 Å². The van der Waals surface area contributed by atoms with Crippen LogP contribution in [0.3, 0.4) is 0 Å². The monoisotopic (exact) mass is 224 g/mol. The molecule has 1 atom stereocenters. The number of imidazole rings is 1. The molecule has 0 bridgehead atoms. The number of carbonyl (C=O) groups is 1. The smallest absolute Gasteiger partial charge is 0.244 e. The molecule has 0 radical (unpaired) electrons. The Bertz CT molecular complexity index is 376. The van der Waals surface area contributed by atoms with E-state index in [0.29, 0.717) is 0 Å². The van der Waals surface area contributed by atoms with E-state index < -0.39 is 5.54 Å². The first-order valence-electron chi connectivity index (χ1n) is 5.27. The molecule has 0 aliphatic carbocycles. The van der Waals surface area contributed by atoms with Crippen LogP contribution in [0.15, 0.2) is 12.5 Å². The average Bonchev–Trinajstić information content (AvgIpc) is 2.62. The van der Waals surface area contributed by atoms with E-state index in [1.54, 1.807) is 31.5 Å². The number of aromatic nitrogens is 2. The van der Waals surface area contributed by atoms with Crippen molar-refractivity contribution in [2.75, 3.05) is 14.1 Å². The van der Waals surface area contributed by atoms with Crippen molar-refractivity contribution < 1.29 is 4.79 Å². The van der Waals surface area contributed by atoms with Crippen LogP contribution in [0.25, 0.3) is 0 Å². The predicted molar refractivity (Wildman–Crippen MR) is 62.8 cm³/mol. The third-order valence-corrected chi connectivity index (χ3v) is 2.54. The highest BCUT2D eigenvalue weighted by atomic mass is 16.2. The molecule has 0 saturated carbocycles. The van der Waals surface area contributed by atoms with Crippen molar-refractivity contribution in [3.63, 3.8) is 0 Å². The quantitative estimate of drug-likeness (QED) is 0.823. The lowest BCUT2D eigenvalue weighted by atomic mass is 10.0. The summed E-state index contributed by atoms with van der Waals surface area (Å²) in [5.74, 6) is 0.0310. The second kappa shape index (κ2) is 4.25. The summed E-state index contributed by atoms with van der Waals surface area (Å²) >= 11 is 0. The summed E-state index contributed by atoms with van der Waals surface area (Å²) in [7, 11) is 3.48. The molecular formula is C11H20N4O. The molecule has 0 aliphatic heterocycles. The molecule has 0 aromatic carbocycles. The van der Waals surface area contributed by atoms with Crippen LogP contribution >= 0.6 is 0 Å². The molecule has 1 amide bonds. The zero-order valence-electron chi connectivity index (χ0n) is 10.6. The molecule has 0 saturated heterocycles. The third kappa shape index (κ3) is 2.41. The summed E-state index contributed by atoms with van der Waals surface area (Å²) in [4.78, 5) is 17.5. The molecule has 16 heavy (non-hydrogen) atoms. The van der Waals surface area contributed by atoms with Crippen LogP contribution in [0.1, 0.15) is 32.5 Å². The molecule has 5 heteroatoms. The van der Waals surface area contributed by atoms with Gasteiger partial charge in [-0.2, -0.15) is 0 Å². The number of rotatable bonds is 3. The Balaban J connectivity index is 3.06. The van der Waals surface area contributed by atoms with Gasteiger partial charge < -0.3 is 15.2 Å². The van der Waals surface area contributed by atoms with Crippen LogP contribution in [0.4, 0.5) is 0 Å². The second-order valence-electron chi connectivity index (χ2n) is 4.82. The first kappa shape index (κ1) is 12.7. The Labute approximate surface area is 96.3 Å². The van der Waals surface area contributed by atoms with Gasteiger partial charge in [0.05, 0.1) is 23.8 Å². The fourth-order valence-corrected chi connectivity index (χ4v) is 1.61. The van der Waals surface area contributed by atoms with E-state index in [2.05, 4.69) is 4.98 Å². The van der Waals surface area contributed by atoms with Gasteiger partial charge in [-0.05, 0) is 20.8 Å². The van der Waals surface area contributed by atoms with Gasteiger partial charge in [-0.15, -0.1) is 0 Å². The highest BCUT2D eigenvalue weighted by molar-refractivity contribution is 5.79. The topological polar surface area (TPSA) is 64.2 Å². The normalized spacial score (nSPS) is 13.6. The predicted octanol–water partition coefficient (Wildman–Crippen LogP) is 0.726.